The molecular formula is C13H28Si. The van der Waals surface area contributed by atoms with Crippen LogP contribution in [0.5, 0.6) is 0 Å². The average molecular weight is 212 g/mol. The van der Waals surface area contributed by atoms with Gasteiger partial charge in [-0.2, -0.15) is 0 Å². The van der Waals surface area contributed by atoms with Gasteiger partial charge in [0.2, 0.25) is 0 Å². The molecule has 0 saturated carbocycles. The summed E-state index contributed by atoms with van der Waals surface area (Å²) in [5.74, 6) is 0. The highest BCUT2D eigenvalue weighted by Crippen LogP contribution is 2.20. The van der Waals surface area contributed by atoms with E-state index in [0.29, 0.717) is 0 Å². The summed E-state index contributed by atoms with van der Waals surface area (Å²) >= 11 is 0. The fraction of sp³-hybridized carbons (Fsp3) is 0.846. The second-order valence-corrected chi connectivity index (χ2v) is 10.4. The molecule has 1 heteroatoms. The Morgan fingerprint density at radius 2 is 1.57 bits per heavy atom. The maximum absolute atomic E-state index is 3.85. The van der Waals surface area contributed by atoms with Gasteiger partial charge in [0.15, 0.2) is 0 Å². The van der Waals surface area contributed by atoms with E-state index in [1.807, 2.05) is 0 Å². The summed E-state index contributed by atoms with van der Waals surface area (Å²) in [6, 6.07) is 2.78. The molecule has 0 aromatic heterocycles. The molecule has 0 aromatic rings. The van der Waals surface area contributed by atoms with Crippen molar-refractivity contribution in [2.45, 2.75) is 70.6 Å². The minimum Gasteiger partial charge on any atom is -0.103 e. The van der Waals surface area contributed by atoms with Gasteiger partial charge in [-0.3, -0.25) is 0 Å². The standard InChI is InChI=1S/C13H28Si/c1-5-7-8-9-10-11-13-14(3,4)12-6-2/h6H,2,5,7-13H2,1,3-4H3. The van der Waals surface area contributed by atoms with Crippen LogP contribution in [0.4, 0.5) is 0 Å². The zero-order valence-electron chi connectivity index (χ0n) is 10.4. The fourth-order valence-electron chi connectivity index (χ4n) is 1.88. The highest BCUT2D eigenvalue weighted by Gasteiger charge is 2.17. The van der Waals surface area contributed by atoms with Crippen molar-refractivity contribution in [3.05, 3.63) is 12.7 Å². The molecular weight excluding hydrogens is 184 g/mol. The molecule has 0 spiro atoms. The van der Waals surface area contributed by atoms with Crippen molar-refractivity contribution in [2.24, 2.45) is 0 Å². The van der Waals surface area contributed by atoms with Crippen LogP contribution in [0.25, 0.3) is 0 Å². The van der Waals surface area contributed by atoms with Crippen molar-refractivity contribution in [3.8, 4) is 0 Å². The van der Waals surface area contributed by atoms with Gasteiger partial charge >= 0.3 is 0 Å². The largest absolute Gasteiger partial charge is 0.103 e. The predicted molar refractivity (Wildman–Crippen MR) is 70.7 cm³/mol. The Balaban J connectivity index is 3.30. The lowest BCUT2D eigenvalue weighted by Crippen LogP contribution is -2.23. The Hall–Kier alpha value is -0.0431. The third-order valence-corrected chi connectivity index (χ3v) is 6.00. The van der Waals surface area contributed by atoms with Gasteiger partial charge in [0.05, 0.1) is 8.07 Å². The van der Waals surface area contributed by atoms with Crippen LogP contribution in [0.15, 0.2) is 12.7 Å². The topological polar surface area (TPSA) is 0 Å². The van der Waals surface area contributed by atoms with E-state index in [0.717, 1.165) is 0 Å². The molecule has 0 saturated heterocycles. The Morgan fingerprint density at radius 3 is 2.14 bits per heavy atom. The van der Waals surface area contributed by atoms with Crippen molar-refractivity contribution < 1.29 is 0 Å². The van der Waals surface area contributed by atoms with E-state index >= 15 is 0 Å². The fourth-order valence-corrected chi connectivity index (χ4v) is 4.07. The summed E-state index contributed by atoms with van der Waals surface area (Å²) in [6.07, 6.45) is 10.7. The molecule has 0 fully saturated rings. The smallest absolute Gasteiger partial charge is 0.0511 e. The van der Waals surface area contributed by atoms with Crippen molar-refractivity contribution in [1.82, 2.24) is 0 Å². The van der Waals surface area contributed by atoms with Gasteiger partial charge < -0.3 is 0 Å². The van der Waals surface area contributed by atoms with Crippen LogP contribution in [0, 0.1) is 0 Å². The Bertz CT molecular complexity index is 138. The molecule has 0 atom stereocenters. The zero-order valence-corrected chi connectivity index (χ0v) is 11.4. The first-order valence-corrected chi connectivity index (χ1v) is 9.64. The number of allylic oxidation sites excluding steroid dienone is 1. The van der Waals surface area contributed by atoms with E-state index in [-0.39, 0.29) is 0 Å². The van der Waals surface area contributed by atoms with E-state index in [1.54, 1.807) is 0 Å². The molecule has 0 aliphatic heterocycles. The van der Waals surface area contributed by atoms with E-state index < -0.39 is 8.07 Å². The number of unbranched alkanes of at least 4 members (excludes halogenated alkanes) is 5. The van der Waals surface area contributed by atoms with Crippen molar-refractivity contribution in [2.75, 3.05) is 0 Å². The zero-order chi connectivity index (χ0) is 10.9. The number of rotatable bonds is 9. The summed E-state index contributed by atoms with van der Waals surface area (Å²) in [5.41, 5.74) is 0. The molecule has 14 heavy (non-hydrogen) atoms. The first kappa shape index (κ1) is 14.0. The van der Waals surface area contributed by atoms with Crippen molar-refractivity contribution in [1.29, 1.82) is 0 Å². The molecule has 0 amide bonds. The quantitative estimate of drug-likeness (QED) is 0.278. The number of hydrogen-bond donors (Lipinski definition) is 0. The Kier molecular flexibility index (Phi) is 8.25. The normalized spacial score (nSPS) is 11.6. The number of hydrogen-bond acceptors (Lipinski definition) is 0. The summed E-state index contributed by atoms with van der Waals surface area (Å²) in [7, 11) is -0.890. The second-order valence-electron chi connectivity index (χ2n) is 5.17. The monoisotopic (exact) mass is 212 g/mol. The van der Waals surface area contributed by atoms with Crippen LogP contribution in [0.1, 0.15) is 45.4 Å². The molecule has 0 aromatic carbocycles. The molecule has 0 aliphatic rings. The molecule has 0 rings (SSSR count). The average Bonchev–Trinajstić information content (AvgIpc) is 2.11. The summed E-state index contributed by atoms with van der Waals surface area (Å²) in [4.78, 5) is 0. The van der Waals surface area contributed by atoms with Crippen LogP contribution in [0.2, 0.25) is 25.2 Å². The second kappa shape index (κ2) is 8.28. The highest BCUT2D eigenvalue weighted by atomic mass is 28.3. The molecule has 0 nitrogen and oxygen atoms in total. The van der Waals surface area contributed by atoms with Gasteiger partial charge in [-0.15, -0.1) is 6.58 Å². The van der Waals surface area contributed by atoms with Crippen molar-refractivity contribution >= 4 is 8.07 Å². The van der Waals surface area contributed by atoms with E-state index in [2.05, 4.69) is 32.7 Å². The lowest BCUT2D eigenvalue weighted by molar-refractivity contribution is 0.622. The summed E-state index contributed by atoms with van der Waals surface area (Å²) in [5, 5.41) is 0. The van der Waals surface area contributed by atoms with Gasteiger partial charge in [0.25, 0.3) is 0 Å². The molecule has 0 aliphatic carbocycles. The van der Waals surface area contributed by atoms with E-state index in [9.17, 15) is 0 Å². The first-order valence-electron chi connectivity index (χ1n) is 6.23. The van der Waals surface area contributed by atoms with E-state index in [4.69, 9.17) is 0 Å². The summed E-state index contributed by atoms with van der Waals surface area (Å²) < 4.78 is 0. The third-order valence-electron chi connectivity index (χ3n) is 2.90. The molecule has 0 N–H and O–H groups in total. The van der Waals surface area contributed by atoms with E-state index in [1.165, 1.54) is 50.6 Å². The minimum atomic E-state index is -0.890. The van der Waals surface area contributed by atoms with Crippen LogP contribution in [-0.4, -0.2) is 8.07 Å². The van der Waals surface area contributed by atoms with Gasteiger partial charge in [0, 0.05) is 0 Å². The Labute approximate surface area is 91.8 Å². The van der Waals surface area contributed by atoms with Crippen LogP contribution < -0.4 is 0 Å². The molecule has 84 valence electrons. The van der Waals surface area contributed by atoms with Crippen LogP contribution in [-0.2, 0) is 0 Å². The first-order chi connectivity index (χ1) is 6.62. The lowest BCUT2D eigenvalue weighted by atomic mass is 10.1. The summed E-state index contributed by atoms with van der Waals surface area (Å²) in [6.45, 7) is 11.1. The SMILES string of the molecule is C=CC[Si](C)(C)CCCCCCCC. The predicted octanol–water partition coefficient (Wildman–Crippen LogP) is 5.24. The van der Waals surface area contributed by atoms with Gasteiger partial charge in [0.1, 0.15) is 0 Å². The third kappa shape index (κ3) is 8.55. The maximum atomic E-state index is 3.85. The van der Waals surface area contributed by atoms with Crippen LogP contribution in [0.3, 0.4) is 0 Å². The maximum Gasteiger partial charge on any atom is 0.0511 e. The van der Waals surface area contributed by atoms with Gasteiger partial charge in [-0.25, -0.2) is 0 Å². The van der Waals surface area contributed by atoms with Gasteiger partial charge in [-0.05, 0) is 6.04 Å². The lowest BCUT2D eigenvalue weighted by Gasteiger charge is -2.19. The molecule has 0 unspecified atom stereocenters. The molecule has 0 radical (unpaired) electrons. The van der Waals surface area contributed by atoms with Crippen molar-refractivity contribution in [3.63, 3.8) is 0 Å². The Morgan fingerprint density at radius 1 is 1.00 bits per heavy atom. The highest BCUT2D eigenvalue weighted by molar-refractivity contribution is 6.77. The molecule has 0 bridgehead atoms. The van der Waals surface area contributed by atoms with Crippen LogP contribution >= 0.6 is 0 Å². The van der Waals surface area contributed by atoms with Gasteiger partial charge in [-0.1, -0.05) is 70.7 Å². The molecule has 0 heterocycles. The minimum absolute atomic E-state index is 0.890.